The zero-order valence-corrected chi connectivity index (χ0v) is 7.79. The second kappa shape index (κ2) is 4.04. The number of carbonyl (C=O) groups is 1. The van der Waals surface area contributed by atoms with Gasteiger partial charge in [0.1, 0.15) is 0 Å². The SMILES string of the molecule is Cc1[nH]cnc1CNC(=O)[C@H](C)N. The smallest absolute Gasteiger partial charge is 0.236 e. The molecule has 0 bridgehead atoms. The van der Waals surface area contributed by atoms with Crippen LogP contribution in [0.2, 0.25) is 0 Å². The van der Waals surface area contributed by atoms with Crippen molar-refractivity contribution in [2.24, 2.45) is 5.73 Å². The first-order chi connectivity index (χ1) is 6.11. The summed E-state index contributed by atoms with van der Waals surface area (Å²) in [5.74, 6) is -0.164. The van der Waals surface area contributed by atoms with Gasteiger partial charge in [-0.1, -0.05) is 0 Å². The highest BCUT2D eigenvalue weighted by Crippen LogP contribution is 1.98. The van der Waals surface area contributed by atoms with Gasteiger partial charge in [-0.2, -0.15) is 0 Å². The van der Waals surface area contributed by atoms with E-state index in [0.717, 1.165) is 11.4 Å². The maximum atomic E-state index is 11.1. The number of aromatic nitrogens is 2. The number of aryl methyl sites for hydroxylation is 1. The van der Waals surface area contributed by atoms with Crippen molar-refractivity contribution in [1.82, 2.24) is 15.3 Å². The number of H-pyrrole nitrogens is 1. The lowest BCUT2D eigenvalue weighted by atomic mass is 10.3. The van der Waals surface area contributed by atoms with Crippen LogP contribution in [0.5, 0.6) is 0 Å². The van der Waals surface area contributed by atoms with E-state index in [4.69, 9.17) is 5.73 Å². The molecule has 0 unspecified atom stereocenters. The third-order valence-corrected chi connectivity index (χ3v) is 1.78. The predicted octanol–water partition coefficient (Wildman–Crippen LogP) is -0.318. The second-order valence-electron chi connectivity index (χ2n) is 2.98. The molecule has 0 aliphatic heterocycles. The summed E-state index contributed by atoms with van der Waals surface area (Å²) >= 11 is 0. The van der Waals surface area contributed by atoms with Crippen molar-refractivity contribution in [1.29, 1.82) is 0 Å². The van der Waals surface area contributed by atoms with Crippen LogP contribution in [-0.2, 0) is 11.3 Å². The summed E-state index contributed by atoms with van der Waals surface area (Å²) in [6.07, 6.45) is 1.60. The lowest BCUT2D eigenvalue weighted by Gasteiger charge is -2.05. The zero-order valence-electron chi connectivity index (χ0n) is 7.79. The third-order valence-electron chi connectivity index (χ3n) is 1.78. The number of aromatic amines is 1. The van der Waals surface area contributed by atoms with Gasteiger partial charge in [-0.05, 0) is 13.8 Å². The standard InChI is InChI=1S/C8H14N4O/c1-5(9)8(13)10-3-7-6(2)11-4-12-7/h4-5H,3,9H2,1-2H3,(H,10,13)(H,11,12)/t5-/m0/s1. The number of rotatable bonds is 3. The van der Waals surface area contributed by atoms with Gasteiger partial charge in [0.2, 0.25) is 5.91 Å². The summed E-state index contributed by atoms with van der Waals surface area (Å²) in [5.41, 5.74) is 7.18. The van der Waals surface area contributed by atoms with E-state index in [1.165, 1.54) is 0 Å². The fourth-order valence-electron chi connectivity index (χ4n) is 0.897. The molecule has 1 amide bonds. The van der Waals surface area contributed by atoms with Gasteiger partial charge in [0, 0.05) is 5.69 Å². The molecule has 1 atom stereocenters. The second-order valence-corrected chi connectivity index (χ2v) is 2.98. The number of carbonyl (C=O) groups excluding carboxylic acids is 1. The Labute approximate surface area is 76.7 Å². The van der Waals surface area contributed by atoms with Crippen LogP contribution in [0.1, 0.15) is 18.3 Å². The van der Waals surface area contributed by atoms with Crippen molar-refractivity contribution in [3.05, 3.63) is 17.7 Å². The molecule has 0 saturated heterocycles. The van der Waals surface area contributed by atoms with Gasteiger partial charge in [0.25, 0.3) is 0 Å². The number of amides is 1. The lowest BCUT2D eigenvalue weighted by molar-refractivity contribution is -0.122. The number of nitrogens with zero attached hydrogens (tertiary/aromatic N) is 1. The first kappa shape index (κ1) is 9.73. The summed E-state index contributed by atoms with van der Waals surface area (Å²) < 4.78 is 0. The molecule has 0 fully saturated rings. The van der Waals surface area contributed by atoms with E-state index < -0.39 is 6.04 Å². The summed E-state index contributed by atoms with van der Waals surface area (Å²) in [6.45, 7) is 3.98. The monoisotopic (exact) mass is 182 g/mol. The van der Waals surface area contributed by atoms with Crippen molar-refractivity contribution in [2.45, 2.75) is 26.4 Å². The molecular formula is C8H14N4O. The number of imidazole rings is 1. The Morgan fingerprint density at radius 1 is 1.85 bits per heavy atom. The van der Waals surface area contributed by atoms with Gasteiger partial charge in [0.15, 0.2) is 0 Å². The molecule has 5 heteroatoms. The van der Waals surface area contributed by atoms with Gasteiger partial charge in [-0.15, -0.1) is 0 Å². The van der Waals surface area contributed by atoms with Gasteiger partial charge < -0.3 is 16.0 Å². The molecule has 1 heterocycles. The van der Waals surface area contributed by atoms with Crippen molar-refractivity contribution >= 4 is 5.91 Å². The van der Waals surface area contributed by atoms with Crippen molar-refractivity contribution < 1.29 is 4.79 Å². The molecule has 0 spiro atoms. The zero-order chi connectivity index (χ0) is 9.84. The molecule has 0 aromatic carbocycles. The third kappa shape index (κ3) is 2.55. The maximum Gasteiger partial charge on any atom is 0.236 e. The minimum atomic E-state index is -0.473. The average Bonchev–Trinajstić information content (AvgIpc) is 2.47. The highest BCUT2D eigenvalue weighted by atomic mass is 16.2. The molecule has 0 aliphatic carbocycles. The van der Waals surface area contributed by atoms with E-state index in [-0.39, 0.29) is 5.91 Å². The lowest BCUT2D eigenvalue weighted by Crippen LogP contribution is -2.37. The van der Waals surface area contributed by atoms with Crippen molar-refractivity contribution in [3.8, 4) is 0 Å². The van der Waals surface area contributed by atoms with E-state index in [0.29, 0.717) is 6.54 Å². The van der Waals surface area contributed by atoms with Gasteiger partial charge in [-0.3, -0.25) is 4.79 Å². The molecule has 4 N–H and O–H groups in total. The molecule has 1 aromatic heterocycles. The van der Waals surface area contributed by atoms with Gasteiger partial charge in [0.05, 0.1) is 24.6 Å². The van der Waals surface area contributed by atoms with Crippen LogP contribution < -0.4 is 11.1 Å². The fourth-order valence-corrected chi connectivity index (χ4v) is 0.897. The predicted molar refractivity (Wildman–Crippen MR) is 48.8 cm³/mol. The highest BCUT2D eigenvalue weighted by Gasteiger charge is 2.07. The summed E-state index contributed by atoms with van der Waals surface area (Å²) in [5, 5.41) is 2.68. The van der Waals surface area contributed by atoms with Crippen LogP contribution in [0.3, 0.4) is 0 Å². The number of nitrogens with one attached hydrogen (secondary N) is 2. The molecule has 0 aliphatic rings. The average molecular weight is 182 g/mol. The minimum absolute atomic E-state index is 0.164. The Balaban J connectivity index is 2.44. The summed E-state index contributed by atoms with van der Waals surface area (Å²) in [4.78, 5) is 18.0. The van der Waals surface area contributed by atoms with E-state index in [2.05, 4.69) is 15.3 Å². The Kier molecular flexibility index (Phi) is 3.02. The molecule has 0 radical (unpaired) electrons. The minimum Gasteiger partial charge on any atom is -0.349 e. The topological polar surface area (TPSA) is 83.8 Å². The van der Waals surface area contributed by atoms with Gasteiger partial charge >= 0.3 is 0 Å². The van der Waals surface area contributed by atoms with Crippen molar-refractivity contribution in [2.75, 3.05) is 0 Å². The fraction of sp³-hybridized carbons (Fsp3) is 0.500. The molecular weight excluding hydrogens is 168 g/mol. The van der Waals surface area contributed by atoms with E-state index in [1.54, 1.807) is 13.3 Å². The largest absolute Gasteiger partial charge is 0.349 e. The molecule has 13 heavy (non-hydrogen) atoms. The Morgan fingerprint density at radius 3 is 3.00 bits per heavy atom. The van der Waals surface area contributed by atoms with E-state index >= 15 is 0 Å². The molecule has 1 rings (SSSR count). The number of hydrogen-bond acceptors (Lipinski definition) is 3. The molecule has 72 valence electrons. The van der Waals surface area contributed by atoms with Gasteiger partial charge in [-0.25, -0.2) is 4.98 Å². The summed E-state index contributed by atoms with van der Waals surface area (Å²) in [7, 11) is 0. The van der Waals surface area contributed by atoms with Crippen LogP contribution in [0.25, 0.3) is 0 Å². The number of nitrogens with two attached hydrogens (primary N) is 1. The van der Waals surface area contributed by atoms with Crippen molar-refractivity contribution in [3.63, 3.8) is 0 Å². The molecule has 0 saturated carbocycles. The van der Waals surface area contributed by atoms with E-state index in [9.17, 15) is 4.79 Å². The normalized spacial score (nSPS) is 12.5. The quantitative estimate of drug-likeness (QED) is 0.599. The number of hydrogen-bond donors (Lipinski definition) is 3. The van der Waals surface area contributed by atoms with Crippen LogP contribution in [0.15, 0.2) is 6.33 Å². The molecule has 1 aromatic rings. The molecule has 5 nitrogen and oxygen atoms in total. The van der Waals surface area contributed by atoms with Crippen LogP contribution in [0.4, 0.5) is 0 Å². The Hall–Kier alpha value is -1.36. The maximum absolute atomic E-state index is 11.1. The highest BCUT2D eigenvalue weighted by molar-refractivity contribution is 5.80. The first-order valence-electron chi connectivity index (χ1n) is 4.13. The van der Waals surface area contributed by atoms with Crippen LogP contribution in [0, 0.1) is 6.92 Å². The van der Waals surface area contributed by atoms with Crippen LogP contribution in [-0.4, -0.2) is 21.9 Å². The van der Waals surface area contributed by atoms with E-state index in [1.807, 2.05) is 6.92 Å². The summed E-state index contributed by atoms with van der Waals surface area (Å²) in [6, 6.07) is -0.473. The van der Waals surface area contributed by atoms with Crippen LogP contribution >= 0.6 is 0 Å². The Morgan fingerprint density at radius 2 is 2.54 bits per heavy atom. The Bertz CT molecular complexity index is 292. The first-order valence-corrected chi connectivity index (χ1v) is 4.13.